The van der Waals surface area contributed by atoms with Crippen LogP contribution in [-0.4, -0.2) is 42.1 Å². The molecule has 1 aromatic rings. The Morgan fingerprint density at radius 2 is 1.27 bits per heavy atom. The molecule has 40 heavy (non-hydrogen) atoms. The Kier molecular flexibility index (Phi) is 16.2. The third-order valence-electron chi connectivity index (χ3n) is 6.70. The number of unbranched alkanes of at least 4 members (excludes halogenated alkanes) is 2. The molecule has 226 valence electrons. The minimum Gasteiger partial charge on any atom is -0.459 e. The summed E-state index contributed by atoms with van der Waals surface area (Å²) in [4.78, 5) is 49.9. The lowest BCUT2D eigenvalue weighted by Gasteiger charge is -2.22. The van der Waals surface area contributed by atoms with E-state index in [4.69, 9.17) is 24.7 Å². The van der Waals surface area contributed by atoms with Gasteiger partial charge in [-0.2, -0.15) is 0 Å². The predicted molar refractivity (Wildman–Crippen MR) is 153 cm³/mol. The van der Waals surface area contributed by atoms with Crippen molar-refractivity contribution in [1.82, 2.24) is 0 Å². The molecule has 1 aromatic carbocycles. The van der Waals surface area contributed by atoms with Crippen molar-refractivity contribution < 1.29 is 38.1 Å². The fraction of sp³-hybridized carbons (Fsp3) is 0.677. The number of ether oxygens (including phenoxy) is 4. The van der Waals surface area contributed by atoms with Gasteiger partial charge in [-0.05, 0) is 57.2 Å². The first-order valence-electron chi connectivity index (χ1n) is 14.6. The zero-order valence-corrected chi connectivity index (χ0v) is 25.3. The number of hydrogen-bond donors (Lipinski definition) is 1. The Balaban J connectivity index is 2.93. The number of rotatable bonds is 18. The van der Waals surface area contributed by atoms with Crippen molar-refractivity contribution in [2.24, 2.45) is 17.6 Å². The maximum atomic E-state index is 12.7. The summed E-state index contributed by atoms with van der Waals surface area (Å²) in [6.07, 6.45) is 4.79. The average Bonchev–Trinajstić information content (AvgIpc) is 2.90. The summed E-state index contributed by atoms with van der Waals surface area (Å²) in [6.45, 7) is 12.9. The molecule has 0 fully saturated rings. The van der Waals surface area contributed by atoms with E-state index in [1.54, 1.807) is 45.9 Å². The number of hydrogen-bond acceptors (Lipinski definition) is 9. The molecular formula is C31H49NO8. The molecule has 0 heterocycles. The highest BCUT2D eigenvalue weighted by molar-refractivity contribution is 5.79. The fourth-order valence-electron chi connectivity index (χ4n) is 3.95. The van der Waals surface area contributed by atoms with Gasteiger partial charge >= 0.3 is 23.9 Å². The van der Waals surface area contributed by atoms with Crippen LogP contribution >= 0.6 is 0 Å². The van der Waals surface area contributed by atoms with E-state index in [9.17, 15) is 19.2 Å². The van der Waals surface area contributed by atoms with Gasteiger partial charge in [0.15, 0.2) is 11.5 Å². The lowest BCUT2D eigenvalue weighted by atomic mass is 10.0. The molecule has 1 rings (SSSR count). The van der Waals surface area contributed by atoms with E-state index in [2.05, 4.69) is 6.92 Å². The van der Waals surface area contributed by atoms with Gasteiger partial charge in [-0.15, -0.1) is 0 Å². The van der Waals surface area contributed by atoms with Crippen LogP contribution < -0.4 is 15.2 Å². The summed E-state index contributed by atoms with van der Waals surface area (Å²) >= 11 is 0. The zero-order chi connectivity index (χ0) is 30.2. The Morgan fingerprint density at radius 3 is 1.82 bits per heavy atom. The van der Waals surface area contributed by atoms with E-state index < -0.39 is 36.2 Å². The summed E-state index contributed by atoms with van der Waals surface area (Å²) in [7, 11) is 0. The van der Waals surface area contributed by atoms with E-state index in [-0.39, 0.29) is 35.7 Å². The molecule has 0 bridgehead atoms. The van der Waals surface area contributed by atoms with Gasteiger partial charge in [0, 0.05) is 6.42 Å². The van der Waals surface area contributed by atoms with Crippen LogP contribution in [0.2, 0.25) is 0 Å². The number of esters is 4. The molecule has 0 saturated heterocycles. The second-order valence-electron chi connectivity index (χ2n) is 10.6. The van der Waals surface area contributed by atoms with Crippen molar-refractivity contribution >= 4 is 23.9 Å². The van der Waals surface area contributed by atoms with Crippen LogP contribution in [0.25, 0.3) is 0 Å². The van der Waals surface area contributed by atoms with Gasteiger partial charge in [-0.3, -0.25) is 19.2 Å². The van der Waals surface area contributed by atoms with E-state index in [1.165, 1.54) is 0 Å². The van der Waals surface area contributed by atoms with Gasteiger partial charge in [-0.1, -0.05) is 66.4 Å². The second kappa shape index (κ2) is 18.4. The van der Waals surface area contributed by atoms with Gasteiger partial charge in [0.1, 0.15) is 18.2 Å². The van der Waals surface area contributed by atoms with E-state index >= 15 is 0 Å². The average molecular weight is 564 g/mol. The van der Waals surface area contributed by atoms with Crippen molar-refractivity contribution in [2.75, 3.05) is 0 Å². The van der Waals surface area contributed by atoms with Crippen molar-refractivity contribution in [3.63, 3.8) is 0 Å². The second-order valence-corrected chi connectivity index (χ2v) is 10.6. The van der Waals surface area contributed by atoms with Crippen LogP contribution in [0.4, 0.5) is 0 Å². The molecule has 0 saturated carbocycles. The smallest absolute Gasteiger partial charge is 0.323 e. The third-order valence-corrected chi connectivity index (χ3v) is 6.70. The highest BCUT2D eigenvalue weighted by Gasteiger charge is 2.26. The lowest BCUT2D eigenvalue weighted by molar-refractivity contribution is -0.166. The number of carbonyl (C=O) groups is 4. The zero-order valence-electron chi connectivity index (χ0n) is 25.3. The summed E-state index contributed by atoms with van der Waals surface area (Å²) in [5.41, 5.74) is 6.73. The SMILES string of the molecule is CCCCCC(=O)OC(C)[C@H](C)OC(=O)[C@@H](N)Cc1ccc(OC(=O)C(C)CCC)c(OC(=O)C(C)CCC)c1. The molecule has 0 aliphatic rings. The van der Waals surface area contributed by atoms with E-state index in [1.807, 2.05) is 13.8 Å². The molecule has 3 unspecified atom stereocenters. The molecule has 9 heteroatoms. The van der Waals surface area contributed by atoms with Crippen molar-refractivity contribution in [3.05, 3.63) is 23.8 Å². The Labute approximate surface area is 239 Å². The lowest BCUT2D eigenvalue weighted by Crippen LogP contribution is -2.39. The van der Waals surface area contributed by atoms with Crippen LogP contribution in [0, 0.1) is 11.8 Å². The molecule has 0 spiro atoms. The third kappa shape index (κ3) is 12.5. The molecule has 0 radical (unpaired) electrons. The molecule has 0 aliphatic heterocycles. The van der Waals surface area contributed by atoms with Crippen LogP contribution in [-0.2, 0) is 35.1 Å². The standard InChI is InChI=1S/C31H49NO8/c1-8-11-12-15-28(33)37-22(6)23(7)38-31(36)25(32)18-24-16-17-26(39-29(34)20(4)13-9-2)27(19-24)40-30(35)21(5)14-10-3/h16-17,19-23,25H,8-15,18,32H2,1-7H3/t20?,21?,22?,23-,25-/m0/s1. The normalized spacial score (nSPS) is 14.8. The molecule has 5 atom stereocenters. The summed E-state index contributed by atoms with van der Waals surface area (Å²) in [5.74, 6) is -2.24. The minimum absolute atomic E-state index is 0.0896. The predicted octanol–water partition coefficient (Wildman–Crippen LogP) is 5.68. The highest BCUT2D eigenvalue weighted by atomic mass is 16.6. The quantitative estimate of drug-likeness (QED) is 0.136. The van der Waals surface area contributed by atoms with Crippen LogP contribution in [0.15, 0.2) is 18.2 Å². The van der Waals surface area contributed by atoms with Gasteiger partial charge in [0.05, 0.1) is 11.8 Å². The monoisotopic (exact) mass is 563 g/mol. The van der Waals surface area contributed by atoms with Crippen molar-refractivity contribution in [3.8, 4) is 11.5 Å². The largest absolute Gasteiger partial charge is 0.459 e. The summed E-state index contributed by atoms with van der Waals surface area (Å²) in [5, 5.41) is 0. The van der Waals surface area contributed by atoms with E-state index in [0.717, 1.165) is 32.1 Å². The first-order chi connectivity index (χ1) is 18.9. The molecule has 0 amide bonds. The molecule has 0 aromatic heterocycles. The van der Waals surface area contributed by atoms with Gasteiger partial charge in [0.2, 0.25) is 0 Å². The fourth-order valence-corrected chi connectivity index (χ4v) is 3.95. The molecule has 0 aliphatic carbocycles. The number of nitrogens with two attached hydrogens (primary N) is 1. The van der Waals surface area contributed by atoms with Crippen LogP contribution in [0.1, 0.15) is 105 Å². The van der Waals surface area contributed by atoms with Gasteiger partial charge in [0.25, 0.3) is 0 Å². The molecule has 9 nitrogen and oxygen atoms in total. The maximum Gasteiger partial charge on any atom is 0.323 e. The van der Waals surface area contributed by atoms with Crippen LogP contribution in [0.5, 0.6) is 11.5 Å². The maximum absolute atomic E-state index is 12.7. The van der Waals surface area contributed by atoms with Crippen molar-refractivity contribution in [2.45, 2.75) is 125 Å². The van der Waals surface area contributed by atoms with Crippen LogP contribution in [0.3, 0.4) is 0 Å². The Hall–Kier alpha value is -2.94. The van der Waals surface area contributed by atoms with E-state index in [0.29, 0.717) is 24.8 Å². The summed E-state index contributed by atoms with van der Waals surface area (Å²) in [6, 6.07) is 3.74. The Bertz CT molecular complexity index is 963. The first-order valence-corrected chi connectivity index (χ1v) is 14.6. The molecule has 2 N–H and O–H groups in total. The number of carbonyl (C=O) groups excluding carboxylic acids is 4. The first kappa shape index (κ1) is 35.1. The topological polar surface area (TPSA) is 131 Å². The Morgan fingerprint density at radius 1 is 0.725 bits per heavy atom. The highest BCUT2D eigenvalue weighted by Crippen LogP contribution is 2.31. The number of benzene rings is 1. The van der Waals surface area contributed by atoms with Gasteiger partial charge in [-0.25, -0.2) is 0 Å². The van der Waals surface area contributed by atoms with Gasteiger partial charge < -0.3 is 24.7 Å². The molecular weight excluding hydrogens is 514 g/mol. The van der Waals surface area contributed by atoms with Crippen molar-refractivity contribution in [1.29, 1.82) is 0 Å². The minimum atomic E-state index is -1.02. The summed E-state index contributed by atoms with van der Waals surface area (Å²) < 4.78 is 22.0.